The smallest absolute Gasteiger partial charge is 0.253 e. The molecule has 0 saturated heterocycles. The highest BCUT2D eigenvalue weighted by molar-refractivity contribution is 7.80. The largest absolute Gasteiger partial charge is 0.454 e. The third-order valence-corrected chi connectivity index (χ3v) is 6.76. The fourth-order valence-electron chi connectivity index (χ4n) is 4.29. The van der Waals surface area contributed by atoms with Gasteiger partial charge in [-0.15, -0.1) is 0 Å². The Labute approximate surface area is 212 Å². The van der Waals surface area contributed by atoms with Crippen molar-refractivity contribution in [3.05, 3.63) is 69.5 Å². The molecule has 186 valence electrons. The van der Waals surface area contributed by atoms with E-state index < -0.39 is 0 Å². The Morgan fingerprint density at radius 1 is 1.06 bits per heavy atom. The Hall–Kier alpha value is -3.10. The van der Waals surface area contributed by atoms with Gasteiger partial charge in [0, 0.05) is 24.2 Å². The maximum absolute atomic E-state index is 12.9. The first kappa shape index (κ1) is 25.0. The summed E-state index contributed by atoms with van der Waals surface area (Å²) in [6, 6.07) is 14.0. The molecule has 0 fully saturated rings. The van der Waals surface area contributed by atoms with E-state index in [1.54, 1.807) is 0 Å². The van der Waals surface area contributed by atoms with Gasteiger partial charge in [0.2, 0.25) is 6.79 Å². The van der Waals surface area contributed by atoms with Gasteiger partial charge in [-0.1, -0.05) is 32.0 Å². The number of pyridine rings is 1. The first-order valence-corrected chi connectivity index (χ1v) is 12.6. The normalized spacial score (nSPS) is 12.3. The molecule has 0 bridgehead atoms. The summed E-state index contributed by atoms with van der Waals surface area (Å²) in [5.41, 5.74) is 3.57. The summed E-state index contributed by atoms with van der Waals surface area (Å²) in [6.45, 7) is 11.4. The molecule has 0 atom stereocenters. The molecule has 0 aliphatic carbocycles. The molecule has 35 heavy (non-hydrogen) atoms. The molecule has 2 aromatic carbocycles. The second kappa shape index (κ2) is 11.6. The molecular weight excluding hydrogens is 460 g/mol. The highest BCUT2D eigenvalue weighted by Crippen LogP contribution is 2.33. The Kier molecular flexibility index (Phi) is 8.25. The van der Waals surface area contributed by atoms with E-state index in [2.05, 4.69) is 35.1 Å². The number of thiocarbonyl (C=S) groups is 1. The number of ether oxygens (including phenoxy) is 2. The van der Waals surface area contributed by atoms with Crippen LogP contribution >= 0.6 is 12.2 Å². The topological polar surface area (TPSA) is 69.8 Å². The monoisotopic (exact) mass is 494 g/mol. The van der Waals surface area contributed by atoms with Crippen LogP contribution in [0.2, 0.25) is 0 Å². The Balaban J connectivity index is 1.52. The van der Waals surface area contributed by atoms with Gasteiger partial charge >= 0.3 is 0 Å². The number of hydrogen-bond donors (Lipinski definition) is 2. The molecule has 2 N–H and O–H groups in total. The van der Waals surface area contributed by atoms with E-state index in [4.69, 9.17) is 21.7 Å². The number of nitrogens with one attached hydrogen (secondary N) is 2. The van der Waals surface area contributed by atoms with Crippen molar-refractivity contribution in [2.24, 2.45) is 0 Å². The zero-order valence-electron chi connectivity index (χ0n) is 20.7. The van der Waals surface area contributed by atoms with E-state index in [1.807, 2.05) is 48.2 Å². The quantitative estimate of drug-likeness (QED) is 0.324. The predicted octanol–water partition coefficient (Wildman–Crippen LogP) is 4.17. The number of aromatic amines is 1. The van der Waals surface area contributed by atoms with Crippen molar-refractivity contribution in [3.63, 3.8) is 0 Å². The lowest BCUT2D eigenvalue weighted by molar-refractivity contribution is 0.174. The van der Waals surface area contributed by atoms with E-state index in [-0.39, 0.29) is 12.4 Å². The Morgan fingerprint density at radius 2 is 1.86 bits per heavy atom. The summed E-state index contributed by atoms with van der Waals surface area (Å²) in [5, 5.41) is 5.04. The molecule has 1 aliphatic heterocycles. The van der Waals surface area contributed by atoms with Crippen molar-refractivity contribution in [1.29, 1.82) is 0 Å². The summed E-state index contributed by atoms with van der Waals surface area (Å²) in [5.74, 6) is 1.48. The highest BCUT2D eigenvalue weighted by atomic mass is 32.1. The van der Waals surface area contributed by atoms with Crippen LogP contribution in [-0.2, 0) is 13.1 Å². The SMILES string of the molecule is CCN(CC)CCCNC(=S)N(Cc1ccc2c(c1)OCO2)Cc1cc2ccc(C)cc2[nH]c1=O. The minimum atomic E-state index is -0.0943. The molecule has 2 heterocycles. The third kappa shape index (κ3) is 6.32. The van der Waals surface area contributed by atoms with E-state index in [0.717, 1.165) is 66.1 Å². The van der Waals surface area contributed by atoms with Crippen LogP contribution in [0.3, 0.4) is 0 Å². The second-order valence-corrected chi connectivity index (χ2v) is 9.26. The van der Waals surface area contributed by atoms with Crippen LogP contribution in [-0.4, -0.2) is 52.9 Å². The van der Waals surface area contributed by atoms with Crippen molar-refractivity contribution in [2.75, 3.05) is 33.0 Å². The first-order valence-electron chi connectivity index (χ1n) is 12.2. The van der Waals surface area contributed by atoms with Gasteiger partial charge in [-0.05, 0) is 86.0 Å². The molecule has 0 saturated carbocycles. The summed E-state index contributed by atoms with van der Waals surface area (Å²) in [6.07, 6.45) is 0.996. The summed E-state index contributed by atoms with van der Waals surface area (Å²) >= 11 is 5.80. The Morgan fingerprint density at radius 3 is 2.66 bits per heavy atom. The van der Waals surface area contributed by atoms with Crippen LogP contribution in [0.4, 0.5) is 0 Å². The average Bonchev–Trinajstić information content (AvgIpc) is 3.32. The molecule has 7 nitrogen and oxygen atoms in total. The molecule has 0 radical (unpaired) electrons. The molecule has 4 rings (SSSR count). The van der Waals surface area contributed by atoms with Crippen LogP contribution in [0.25, 0.3) is 10.9 Å². The molecule has 1 aliphatic rings. The number of aryl methyl sites for hydroxylation is 1. The van der Waals surface area contributed by atoms with Gasteiger partial charge in [-0.3, -0.25) is 4.79 Å². The van der Waals surface area contributed by atoms with Gasteiger partial charge in [-0.25, -0.2) is 0 Å². The molecule has 8 heteroatoms. The standard InChI is InChI=1S/C27H34N4O3S/c1-4-30(5-2)12-6-11-28-27(35)31(16-20-8-10-24-25(14-20)34-18-33-24)17-22-15-21-9-7-19(3)13-23(21)29-26(22)32/h7-10,13-15H,4-6,11-12,16-18H2,1-3H3,(H,28,35)(H,29,32). The predicted molar refractivity (Wildman–Crippen MR) is 144 cm³/mol. The lowest BCUT2D eigenvalue weighted by Gasteiger charge is -2.26. The second-order valence-electron chi connectivity index (χ2n) is 8.87. The number of benzene rings is 2. The van der Waals surface area contributed by atoms with Crippen molar-refractivity contribution in [1.82, 2.24) is 20.1 Å². The van der Waals surface area contributed by atoms with Crippen molar-refractivity contribution < 1.29 is 9.47 Å². The third-order valence-electron chi connectivity index (χ3n) is 6.36. The molecule has 3 aromatic rings. The molecule has 0 unspecified atom stereocenters. The number of fused-ring (bicyclic) bond motifs is 2. The molecule has 0 spiro atoms. The van der Waals surface area contributed by atoms with Gasteiger partial charge < -0.3 is 29.6 Å². The highest BCUT2D eigenvalue weighted by Gasteiger charge is 2.18. The van der Waals surface area contributed by atoms with E-state index in [9.17, 15) is 4.79 Å². The lowest BCUT2D eigenvalue weighted by atomic mass is 10.1. The van der Waals surface area contributed by atoms with Gasteiger partial charge in [0.15, 0.2) is 16.6 Å². The fourth-order valence-corrected chi connectivity index (χ4v) is 4.52. The molecular formula is C27H34N4O3S. The summed E-state index contributed by atoms with van der Waals surface area (Å²) in [4.78, 5) is 20.4. The molecule has 1 aromatic heterocycles. The van der Waals surface area contributed by atoms with Crippen LogP contribution in [0.5, 0.6) is 11.5 Å². The first-order chi connectivity index (χ1) is 17.0. The number of hydrogen-bond acceptors (Lipinski definition) is 5. The van der Waals surface area contributed by atoms with Gasteiger partial charge in [0.05, 0.1) is 6.54 Å². The maximum Gasteiger partial charge on any atom is 0.253 e. The minimum Gasteiger partial charge on any atom is -0.454 e. The van der Waals surface area contributed by atoms with Gasteiger partial charge in [0.25, 0.3) is 5.56 Å². The number of rotatable bonds is 10. The van der Waals surface area contributed by atoms with Crippen LogP contribution < -0.4 is 20.3 Å². The lowest BCUT2D eigenvalue weighted by Crippen LogP contribution is -2.41. The van der Waals surface area contributed by atoms with Gasteiger partial charge in [-0.2, -0.15) is 0 Å². The molecule has 0 amide bonds. The van der Waals surface area contributed by atoms with Crippen molar-refractivity contribution >= 4 is 28.2 Å². The van der Waals surface area contributed by atoms with Gasteiger partial charge in [0.1, 0.15) is 0 Å². The van der Waals surface area contributed by atoms with E-state index in [1.165, 1.54) is 0 Å². The zero-order chi connectivity index (χ0) is 24.8. The van der Waals surface area contributed by atoms with E-state index in [0.29, 0.717) is 23.8 Å². The minimum absolute atomic E-state index is 0.0943. The average molecular weight is 495 g/mol. The van der Waals surface area contributed by atoms with Crippen molar-refractivity contribution in [3.8, 4) is 11.5 Å². The summed E-state index contributed by atoms with van der Waals surface area (Å²) < 4.78 is 11.0. The Bertz CT molecular complexity index is 1240. The zero-order valence-corrected chi connectivity index (χ0v) is 21.5. The maximum atomic E-state index is 12.9. The van der Waals surface area contributed by atoms with Crippen LogP contribution in [0.1, 0.15) is 37.0 Å². The number of H-pyrrole nitrogens is 1. The number of aromatic nitrogens is 1. The van der Waals surface area contributed by atoms with Crippen molar-refractivity contribution in [2.45, 2.75) is 40.3 Å². The fraction of sp³-hybridized carbons (Fsp3) is 0.407. The van der Waals surface area contributed by atoms with Crippen LogP contribution in [0, 0.1) is 6.92 Å². The number of nitrogens with zero attached hydrogens (tertiary/aromatic N) is 2. The summed E-state index contributed by atoms with van der Waals surface area (Å²) in [7, 11) is 0. The van der Waals surface area contributed by atoms with E-state index >= 15 is 0 Å². The van der Waals surface area contributed by atoms with Crippen LogP contribution in [0.15, 0.2) is 47.3 Å².